The van der Waals surface area contributed by atoms with Gasteiger partial charge in [-0.25, -0.2) is 0 Å². The topological polar surface area (TPSA) is 36.9 Å². The zero-order chi connectivity index (χ0) is 13.8. The van der Waals surface area contributed by atoms with Gasteiger partial charge in [-0.2, -0.15) is 0 Å². The maximum Gasteiger partial charge on any atom is 0.231 e. The van der Waals surface area contributed by atoms with E-state index in [0.29, 0.717) is 13.6 Å². The molecule has 0 radical (unpaired) electrons. The predicted molar refractivity (Wildman–Crippen MR) is 76.1 cm³/mol. The molecule has 0 amide bonds. The Morgan fingerprint density at radius 1 is 0.571 bits per heavy atom. The number of fused-ring (bicyclic) bond motifs is 5. The van der Waals surface area contributed by atoms with Gasteiger partial charge in [-0.05, 0) is 65.8 Å². The van der Waals surface area contributed by atoms with Crippen molar-refractivity contribution in [3.63, 3.8) is 0 Å². The molecular formula is C17H14O4. The van der Waals surface area contributed by atoms with Crippen LogP contribution in [-0.4, -0.2) is 13.6 Å². The van der Waals surface area contributed by atoms with Crippen molar-refractivity contribution >= 4 is 0 Å². The summed E-state index contributed by atoms with van der Waals surface area (Å²) in [7, 11) is 0. The molecule has 3 aliphatic rings. The molecule has 5 rings (SSSR count). The number of benzene rings is 2. The highest BCUT2D eigenvalue weighted by atomic mass is 16.7. The third kappa shape index (κ3) is 1.62. The highest BCUT2D eigenvalue weighted by Crippen LogP contribution is 2.45. The molecule has 2 aliphatic heterocycles. The average molecular weight is 282 g/mol. The van der Waals surface area contributed by atoms with E-state index in [4.69, 9.17) is 18.9 Å². The van der Waals surface area contributed by atoms with Gasteiger partial charge in [0.1, 0.15) is 0 Å². The molecule has 0 fully saturated rings. The van der Waals surface area contributed by atoms with Crippen LogP contribution in [0.5, 0.6) is 23.0 Å². The first-order chi connectivity index (χ1) is 10.4. The fourth-order valence-electron chi connectivity index (χ4n) is 3.35. The Balaban J connectivity index is 1.75. The summed E-state index contributed by atoms with van der Waals surface area (Å²) >= 11 is 0. The zero-order valence-corrected chi connectivity index (χ0v) is 11.5. The van der Waals surface area contributed by atoms with Gasteiger partial charge < -0.3 is 18.9 Å². The minimum absolute atomic E-state index is 0.312. The monoisotopic (exact) mass is 282 g/mol. The maximum atomic E-state index is 5.53. The van der Waals surface area contributed by atoms with Crippen LogP contribution in [0, 0.1) is 0 Å². The molecule has 0 N–H and O–H groups in total. The van der Waals surface area contributed by atoms with Gasteiger partial charge in [0, 0.05) is 0 Å². The van der Waals surface area contributed by atoms with Crippen molar-refractivity contribution in [3.8, 4) is 34.1 Å². The Kier molecular flexibility index (Phi) is 2.19. The molecule has 1 aliphatic carbocycles. The molecule has 0 bridgehead atoms. The Morgan fingerprint density at radius 2 is 1.00 bits per heavy atom. The molecule has 4 heteroatoms. The van der Waals surface area contributed by atoms with Crippen LogP contribution >= 0.6 is 0 Å². The van der Waals surface area contributed by atoms with Gasteiger partial charge >= 0.3 is 0 Å². The van der Waals surface area contributed by atoms with Crippen LogP contribution < -0.4 is 18.9 Å². The summed E-state index contributed by atoms with van der Waals surface area (Å²) in [5.74, 6) is 3.38. The van der Waals surface area contributed by atoms with Gasteiger partial charge in [0.05, 0.1) is 0 Å². The van der Waals surface area contributed by atoms with E-state index in [1.54, 1.807) is 0 Å². The summed E-state index contributed by atoms with van der Waals surface area (Å²) in [4.78, 5) is 0. The average Bonchev–Trinajstić information content (AvgIpc) is 3.09. The minimum Gasteiger partial charge on any atom is -0.454 e. The molecule has 0 aromatic heterocycles. The van der Waals surface area contributed by atoms with Crippen LogP contribution in [0.3, 0.4) is 0 Å². The van der Waals surface area contributed by atoms with Crippen molar-refractivity contribution in [3.05, 3.63) is 35.4 Å². The lowest BCUT2D eigenvalue weighted by Gasteiger charge is -2.11. The Morgan fingerprint density at radius 3 is 1.48 bits per heavy atom. The first kappa shape index (κ1) is 11.3. The van der Waals surface area contributed by atoms with Gasteiger partial charge in [-0.15, -0.1) is 0 Å². The minimum atomic E-state index is 0.312. The lowest BCUT2D eigenvalue weighted by Crippen LogP contribution is -1.93. The van der Waals surface area contributed by atoms with E-state index in [2.05, 4.69) is 24.3 Å². The predicted octanol–water partition coefficient (Wildman–Crippen LogP) is 3.30. The summed E-state index contributed by atoms with van der Waals surface area (Å²) in [5.41, 5.74) is 5.09. The zero-order valence-electron chi connectivity index (χ0n) is 11.5. The van der Waals surface area contributed by atoms with Crippen molar-refractivity contribution in [1.82, 2.24) is 0 Å². The Labute approximate surface area is 122 Å². The fraction of sp³-hybridized carbons (Fsp3) is 0.294. The van der Waals surface area contributed by atoms with Crippen LogP contribution in [0.2, 0.25) is 0 Å². The van der Waals surface area contributed by atoms with Crippen molar-refractivity contribution in [2.45, 2.75) is 19.3 Å². The number of ether oxygens (including phenoxy) is 4. The summed E-state index contributed by atoms with van der Waals surface area (Å²) in [5, 5.41) is 0. The highest BCUT2D eigenvalue weighted by Gasteiger charge is 2.24. The quantitative estimate of drug-likeness (QED) is 0.743. The van der Waals surface area contributed by atoms with Crippen LogP contribution in [0.1, 0.15) is 17.5 Å². The number of hydrogen-bond donors (Lipinski definition) is 0. The highest BCUT2D eigenvalue weighted by molar-refractivity contribution is 5.77. The maximum absolute atomic E-state index is 5.53. The van der Waals surface area contributed by atoms with Gasteiger partial charge in [-0.1, -0.05) is 0 Å². The van der Waals surface area contributed by atoms with E-state index >= 15 is 0 Å². The van der Waals surface area contributed by atoms with E-state index in [1.165, 1.54) is 22.3 Å². The van der Waals surface area contributed by atoms with Gasteiger partial charge in [0.15, 0.2) is 23.0 Å². The second-order valence-corrected chi connectivity index (χ2v) is 5.58. The summed E-state index contributed by atoms with van der Waals surface area (Å²) in [6.45, 7) is 0.623. The van der Waals surface area contributed by atoms with Crippen molar-refractivity contribution < 1.29 is 18.9 Å². The fourth-order valence-corrected chi connectivity index (χ4v) is 3.35. The van der Waals surface area contributed by atoms with E-state index in [0.717, 1.165) is 42.3 Å². The first-order valence-corrected chi connectivity index (χ1v) is 7.24. The second-order valence-electron chi connectivity index (χ2n) is 5.58. The SMILES string of the molecule is c1c2c(cc3c1OCO3)-c1cc3c(cc1CCC2)OCO3. The summed E-state index contributed by atoms with van der Waals surface area (Å²) in [6, 6.07) is 8.45. The molecule has 2 aromatic rings. The van der Waals surface area contributed by atoms with Gasteiger partial charge in [0.25, 0.3) is 0 Å². The molecule has 2 aromatic carbocycles. The molecule has 106 valence electrons. The van der Waals surface area contributed by atoms with E-state index in [-0.39, 0.29) is 0 Å². The number of rotatable bonds is 0. The third-order valence-electron chi connectivity index (χ3n) is 4.38. The van der Waals surface area contributed by atoms with E-state index < -0.39 is 0 Å². The van der Waals surface area contributed by atoms with Gasteiger partial charge in [0.2, 0.25) is 13.6 Å². The third-order valence-corrected chi connectivity index (χ3v) is 4.38. The standard InChI is InChI=1S/C17H14O4/c1-2-10-4-14-16(20-8-18-14)6-12(10)13-7-17-15(19-9-21-17)5-11(13)3-1/h4-7H,1-3,8-9H2. The van der Waals surface area contributed by atoms with E-state index in [1.807, 2.05) is 0 Å². The molecule has 0 saturated heterocycles. The molecule has 0 spiro atoms. The smallest absolute Gasteiger partial charge is 0.231 e. The van der Waals surface area contributed by atoms with Crippen LogP contribution in [-0.2, 0) is 12.8 Å². The van der Waals surface area contributed by atoms with Crippen LogP contribution in [0.15, 0.2) is 24.3 Å². The second kappa shape index (κ2) is 4.07. The van der Waals surface area contributed by atoms with Crippen molar-refractivity contribution in [2.75, 3.05) is 13.6 Å². The molecule has 21 heavy (non-hydrogen) atoms. The van der Waals surface area contributed by atoms with Gasteiger partial charge in [-0.3, -0.25) is 0 Å². The molecule has 0 atom stereocenters. The summed E-state index contributed by atoms with van der Waals surface area (Å²) in [6.07, 6.45) is 3.22. The molecule has 0 saturated carbocycles. The molecular weight excluding hydrogens is 268 g/mol. The molecule has 0 unspecified atom stereocenters. The van der Waals surface area contributed by atoms with E-state index in [9.17, 15) is 0 Å². The van der Waals surface area contributed by atoms with Crippen molar-refractivity contribution in [1.29, 1.82) is 0 Å². The lowest BCUT2D eigenvalue weighted by molar-refractivity contribution is 0.173. The Hall–Kier alpha value is -2.36. The number of aryl methyl sites for hydroxylation is 2. The Bertz CT molecular complexity index is 687. The molecule has 2 heterocycles. The number of hydrogen-bond acceptors (Lipinski definition) is 4. The lowest BCUT2D eigenvalue weighted by atomic mass is 9.95. The van der Waals surface area contributed by atoms with Crippen LogP contribution in [0.4, 0.5) is 0 Å². The molecule has 4 nitrogen and oxygen atoms in total. The van der Waals surface area contributed by atoms with Crippen LogP contribution in [0.25, 0.3) is 11.1 Å². The largest absolute Gasteiger partial charge is 0.454 e. The first-order valence-electron chi connectivity index (χ1n) is 7.24. The summed E-state index contributed by atoms with van der Waals surface area (Å²) < 4.78 is 22.1. The normalized spacial score (nSPS) is 17.1. The van der Waals surface area contributed by atoms with Crippen molar-refractivity contribution in [2.24, 2.45) is 0 Å².